The van der Waals surface area contributed by atoms with E-state index in [9.17, 15) is 9.59 Å². The molecule has 1 saturated carbocycles. The highest BCUT2D eigenvalue weighted by molar-refractivity contribution is 7.99. The molecule has 0 spiro atoms. The summed E-state index contributed by atoms with van der Waals surface area (Å²) in [5.41, 5.74) is 0. The molecule has 1 N–H and O–H groups in total. The Hall–Kier alpha value is -0.710. The van der Waals surface area contributed by atoms with E-state index in [1.165, 1.54) is 6.42 Å². The van der Waals surface area contributed by atoms with Crippen LogP contribution in [0.3, 0.4) is 0 Å². The van der Waals surface area contributed by atoms with Crippen LogP contribution in [0.5, 0.6) is 0 Å². The quantitative estimate of drug-likeness (QED) is 0.848. The number of hydrogen-bond acceptors (Lipinski definition) is 3. The summed E-state index contributed by atoms with van der Waals surface area (Å²) in [7, 11) is 0. The highest BCUT2D eigenvalue weighted by Crippen LogP contribution is 2.33. The van der Waals surface area contributed by atoms with Crippen LogP contribution in [0.1, 0.15) is 52.9 Å². The lowest BCUT2D eigenvalue weighted by molar-refractivity contribution is -0.136. The molecule has 4 atom stereocenters. The number of carbonyl (C=O) groups excluding carboxylic acids is 2. The first-order valence-corrected chi connectivity index (χ1v) is 9.33. The predicted molar refractivity (Wildman–Crippen MR) is 87.3 cm³/mol. The summed E-state index contributed by atoms with van der Waals surface area (Å²) in [5, 5.41) is 3.62. The largest absolute Gasteiger partial charge is 0.344 e. The van der Waals surface area contributed by atoms with Gasteiger partial charge in [0.05, 0.1) is 0 Å². The van der Waals surface area contributed by atoms with Crippen LogP contribution in [0.4, 0.5) is 0 Å². The maximum absolute atomic E-state index is 12.8. The molecule has 0 bridgehead atoms. The Morgan fingerprint density at radius 2 is 2.10 bits per heavy atom. The molecule has 0 radical (unpaired) electrons. The van der Waals surface area contributed by atoms with Gasteiger partial charge in [-0.25, -0.2) is 0 Å². The molecule has 2 amide bonds. The van der Waals surface area contributed by atoms with Gasteiger partial charge in [-0.05, 0) is 30.9 Å². The van der Waals surface area contributed by atoms with Crippen LogP contribution < -0.4 is 5.32 Å². The minimum absolute atomic E-state index is 0.0219. The van der Waals surface area contributed by atoms with Gasteiger partial charge in [-0.15, -0.1) is 0 Å². The Labute approximate surface area is 132 Å². The van der Waals surface area contributed by atoms with Crippen molar-refractivity contribution in [2.45, 2.75) is 70.2 Å². The zero-order valence-electron chi connectivity index (χ0n) is 13.4. The van der Waals surface area contributed by atoms with Gasteiger partial charge in [0.1, 0.15) is 6.04 Å². The first-order valence-electron chi connectivity index (χ1n) is 8.28. The lowest BCUT2D eigenvalue weighted by atomic mass is 9.97. The lowest BCUT2D eigenvalue weighted by Crippen LogP contribution is -2.50. The summed E-state index contributed by atoms with van der Waals surface area (Å²) in [5.74, 6) is 1.50. The molecule has 1 saturated heterocycles. The third-order valence-electron chi connectivity index (χ3n) is 4.86. The number of nitrogens with one attached hydrogen (secondary N) is 1. The van der Waals surface area contributed by atoms with Gasteiger partial charge in [0.15, 0.2) is 0 Å². The van der Waals surface area contributed by atoms with Gasteiger partial charge >= 0.3 is 0 Å². The molecule has 5 heteroatoms. The van der Waals surface area contributed by atoms with E-state index in [0.717, 1.165) is 25.0 Å². The van der Waals surface area contributed by atoms with Crippen LogP contribution in [-0.2, 0) is 9.59 Å². The molecule has 120 valence electrons. The molecule has 0 aromatic rings. The number of carbonyl (C=O) groups is 2. The van der Waals surface area contributed by atoms with Gasteiger partial charge in [0.25, 0.3) is 0 Å². The molecule has 2 rings (SSSR count). The van der Waals surface area contributed by atoms with Crippen LogP contribution in [0, 0.1) is 5.92 Å². The van der Waals surface area contributed by atoms with Gasteiger partial charge in [-0.2, -0.15) is 11.8 Å². The average Bonchev–Trinajstić information content (AvgIpc) is 2.86. The van der Waals surface area contributed by atoms with Crippen molar-refractivity contribution in [2.75, 3.05) is 12.3 Å². The maximum atomic E-state index is 12.8. The zero-order chi connectivity index (χ0) is 15.4. The molecule has 2 fully saturated rings. The molecule has 0 aromatic carbocycles. The van der Waals surface area contributed by atoms with Gasteiger partial charge in [-0.3, -0.25) is 9.59 Å². The van der Waals surface area contributed by atoms with E-state index in [1.807, 2.05) is 16.7 Å². The first-order chi connectivity index (χ1) is 10.1. The topological polar surface area (TPSA) is 49.4 Å². The first kappa shape index (κ1) is 16.7. The Balaban J connectivity index is 2.07. The second-order valence-corrected chi connectivity index (χ2v) is 7.83. The van der Waals surface area contributed by atoms with Crippen molar-refractivity contribution in [3.05, 3.63) is 0 Å². The van der Waals surface area contributed by atoms with Crippen molar-refractivity contribution in [2.24, 2.45) is 5.92 Å². The summed E-state index contributed by atoms with van der Waals surface area (Å²) in [4.78, 5) is 26.7. The maximum Gasteiger partial charge on any atom is 0.245 e. The van der Waals surface area contributed by atoms with Crippen molar-refractivity contribution in [1.82, 2.24) is 10.2 Å². The van der Waals surface area contributed by atoms with Crippen LogP contribution in [0.2, 0.25) is 0 Å². The predicted octanol–water partition coefficient (Wildman–Crippen LogP) is 2.42. The molecule has 2 aliphatic rings. The molecule has 4 nitrogen and oxygen atoms in total. The van der Waals surface area contributed by atoms with E-state index in [0.29, 0.717) is 24.3 Å². The van der Waals surface area contributed by atoms with Crippen molar-refractivity contribution in [1.29, 1.82) is 0 Å². The molecular formula is C16H28N2O2S. The highest BCUT2D eigenvalue weighted by Gasteiger charge is 2.38. The highest BCUT2D eigenvalue weighted by atomic mass is 32.2. The Bertz CT molecular complexity index is 388. The summed E-state index contributed by atoms with van der Waals surface area (Å²) in [6.45, 7) is 6.90. The fourth-order valence-electron chi connectivity index (χ4n) is 3.39. The second-order valence-electron chi connectivity index (χ2n) is 6.26. The molecule has 1 aliphatic carbocycles. The average molecular weight is 312 g/mol. The second kappa shape index (κ2) is 7.52. The van der Waals surface area contributed by atoms with Crippen LogP contribution in [0.15, 0.2) is 0 Å². The fourth-order valence-corrected chi connectivity index (χ4v) is 4.52. The van der Waals surface area contributed by atoms with E-state index >= 15 is 0 Å². The van der Waals surface area contributed by atoms with Gasteiger partial charge in [0, 0.05) is 24.3 Å². The summed E-state index contributed by atoms with van der Waals surface area (Å²) in [6.07, 6.45) is 4.73. The van der Waals surface area contributed by atoms with E-state index in [-0.39, 0.29) is 23.8 Å². The van der Waals surface area contributed by atoms with E-state index < -0.39 is 0 Å². The van der Waals surface area contributed by atoms with Crippen molar-refractivity contribution < 1.29 is 9.59 Å². The van der Waals surface area contributed by atoms with Crippen LogP contribution in [-0.4, -0.2) is 46.3 Å². The molecule has 1 aliphatic heterocycles. The molecule has 1 heterocycles. The third kappa shape index (κ3) is 3.93. The zero-order valence-corrected chi connectivity index (χ0v) is 14.2. The van der Waals surface area contributed by atoms with Crippen LogP contribution in [0.25, 0.3) is 0 Å². The van der Waals surface area contributed by atoms with Gasteiger partial charge in [-0.1, -0.05) is 27.2 Å². The van der Waals surface area contributed by atoms with Gasteiger partial charge in [0.2, 0.25) is 11.8 Å². The van der Waals surface area contributed by atoms with E-state index in [1.54, 1.807) is 0 Å². The van der Waals surface area contributed by atoms with E-state index in [2.05, 4.69) is 26.1 Å². The number of amides is 2. The van der Waals surface area contributed by atoms with Gasteiger partial charge < -0.3 is 10.2 Å². The van der Waals surface area contributed by atoms with Crippen molar-refractivity contribution >= 4 is 23.6 Å². The summed E-state index contributed by atoms with van der Waals surface area (Å²) >= 11 is 2.00. The van der Waals surface area contributed by atoms with Crippen LogP contribution >= 0.6 is 11.8 Å². The Kier molecular flexibility index (Phi) is 5.97. The standard InChI is InChI=1S/C16H28N2O2S/c1-4-11(3)15-16(20)18(9-8-14(19)17-15)12-6-7-13(10-12)21-5-2/h11-13,15H,4-10H2,1-3H3,(H,17,19). The number of nitrogens with zero attached hydrogens (tertiary/aromatic N) is 1. The smallest absolute Gasteiger partial charge is 0.245 e. The molecule has 0 aromatic heterocycles. The molecular weight excluding hydrogens is 284 g/mol. The van der Waals surface area contributed by atoms with E-state index in [4.69, 9.17) is 0 Å². The lowest BCUT2D eigenvalue weighted by Gasteiger charge is -2.31. The Morgan fingerprint density at radius 1 is 1.33 bits per heavy atom. The SMILES string of the molecule is CCSC1CCC(N2CCC(=O)NC(C(C)CC)C2=O)C1. The number of hydrogen-bond donors (Lipinski definition) is 1. The van der Waals surface area contributed by atoms with Crippen molar-refractivity contribution in [3.63, 3.8) is 0 Å². The molecule has 21 heavy (non-hydrogen) atoms. The summed E-state index contributed by atoms with van der Waals surface area (Å²) < 4.78 is 0. The minimum Gasteiger partial charge on any atom is -0.344 e. The molecule has 4 unspecified atom stereocenters. The number of rotatable bonds is 5. The van der Waals surface area contributed by atoms with Crippen molar-refractivity contribution in [3.8, 4) is 0 Å². The fraction of sp³-hybridized carbons (Fsp3) is 0.875. The minimum atomic E-state index is -0.331. The summed E-state index contributed by atoms with van der Waals surface area (Å²) in [6, 6.07) is 0.00341. The number of thioether (sulfide) groups is 1. The Morgan fingerprint density at radius 3 is 2.76 bits per heavy atom. The normalized spacial score (nSPS) is 32.0. The monoisotopic (exact) mass is 312 g/mol. The third-order valence-corrected chi connectivity index (χ3v) is 6.09.